The van der Waals surface area contributed by atoms with Crippen LogP contribution < -0.4 is 10.6 Å². The van der Waals surface area contributed by atoms with Gasteiger partial charge in [0.25, 0.3) is 0 Å². The lowest BCUT2D eigenvalue weighted by Crippen LogP contribution is -2.38. The minimum absolute atomic E-state index is 0.130. The summed E-state index contributed by atoms with van der Waals surface area (Å²) < 4.78 is 43.6. The van der Waals surface area contributed by atoms with Crippen LogP contribution in [-0.2, 0) is 10.9 Å². The third-order valence-electron chi connectivity index (χ3n) is 3.36. The van der Waals surface area contributed by atoms with Crippen molar-refractivity contribution in [3.05, 3.63) is 18.0 Å². The summed E-state index contributed by atoms with van der Waals surface area (Å²) in [6.07, 6.45) is -0.833. The van der Waals surface area contributed by atoms with Gasteiger partial charge in [-0.3, -0.25) is 0 Å². The molecule has 21 heavy (non-hydrogen) atoms. The number of piperidine rings is 1. The number of halogens is 3. The molecule has 1 aromatic heterocycles. The van der Waals surface area contributed by atoms with Crippen molar-refractivity contribution in [1.29, 1.82) is 0 Å². The molecule has 1 aliphatic rings. The van der Waals surface area contributed by atoms with Crippen LogP contribution in [0.4, 0.5) is 19.1 Å². The number of nitrogens with zero attached hydrogens (tertiary/aromatic N) is 3. The number of ether oxygens (including phenoxy) is 1. The normalized spacial score (nSPS) is 17.2. The number of hydrogen-bond donors (Lipinski definition) is 1. The van der Waals surface area contributed by atoms with Crippen molar-refractivity contribution in [3.63, 3.8) is 0 Å². The molecule has 5 nitrogen and oxygen atoms in total. The first-order valence-electron chi connectivity index (χ1n) is 6.97. The summed E-state index contributed by atoms with van der Waals surface area (Å²) in [4.78, 5) is 9.30. The predicted molar refractivity (Wildman–Crippen MR) is 71.9 cm³/mol. The summed E-state index contributed by atoms with van der Waals surface area (Å²) in [7, 11) is 0. The summed E-state index contributed by atoms with van der Waals surface area (Å²) in [6, 6.07) is 0.881. The molecule has 0 spiro atoms. The monoisotopic (exact) mass is 304 g/mol. The first kappa shape index (κ1) is 16.0. The maximum atomic E-state index is 12.6. The molecule has 1 fully saturated rings. The van der Waals surface area contributed by atoms with E-state index in [1.807, 2.05) is 0 Å². The van der Waals surface area contributed by atoms with E-state index in [9.17, 15) is 13.2 Å². The summed E-state index contributed by atoms with van der Waals surface area (Å²) in [6.45, 7) is 2.40. The molecule has 118 valence electrons. The highest BCUT2D eigenvalue weighted by Gasteiger charge is 2.33. The van der Waals surface area contributed by atoms with Gasteiger partial charge in [-0.25, -0.2) is 9.97 Å². The zero-order valence-electron chi connectivity index (χ0n) is 11.6. The van der Waals surface area contributed by atoms with E-state index in [1.165, 1.54) is 0 Å². The molecule has 2 N–H and O–H groups in total. The second-order valence-corrected chi connectivity index (χ2v) is 4.94. The Morgan fingerprint density at radius 2 is 2.05 bits per heavy atom. The molecule has 0 unspecified atom stereocenters. The van der Waals surface area contributed by atoms with Crippen molar-refractivity contribution in [2.24, 2.45) is 5.73 Å². The van der Waals surface area contributed by atoms with Gasteiger partial charge in [0, 0.05) is 25.9 Å². The Labute approximate surface area is 121 Å². The molecular formula is C13H19F3N4O. The summed E-state index contributed by atoms with van der Waals surface area (Å²) in [5, 5.41) is 0. The van der Waals surface area contributed by atoms with Crippen LogP contribution in [-0.4, -0.2) is 42.3 Å². The number of aromatic nitrogens is 2. The fraction of sp³-hybridized carbons (Fsp3) is 0.692. The minimum Gasteiger partial charge on any atom is -0.378 e. The lowest BCUT2D eigenvalue weighted by molar-refractivity contribution is -0.141. The first-order valence-corrected chi connectivity index (χ1v) is 6.97. The van der Waals surface area contributed by atoms with Crippen LogP contribution in [0.25, 0.3) is 0 Å². The highest BCUT2D eigenvalue weighted by Crippen LogP contribution is 2.28. The summed E-state index contributed by atoms with van der Waals surface area (Å²) in [5.41, 5.74) is 4.49. The third-order valence-corrected chi connectivity index (χ3v) is 3.36. The van der Waals surface area contributed by atoms with E-state index in [1.54, 1.807) is 4.90 Å². The number of nitrogens with two attached hydrogens (primary N) is 1. The maximum absolute atomic E-state index is 12.6. The van der Waals surface area contributed by atoms with E-state index in [4.69, 9.17) is 10.5 Å². The van der Waals surface area contributed by atoms with Crippen molar-refractivity contribution in [2.75, 3.05) is 31.1 Å². The molecule has 0 aliphatic carbocycles. The largest absolute Gasteiger partial charge is 0.433 e. The van der Waals surface area contributed by atoms with Crippen LogP contribution in [0.15, 0.2) is 12.3 Å². The predicted octanol–water partition coefficient (Wildman–Crippen LogP) is 1.83. The van der Waals surface area contributed by atoms with Gasteiger partial charge in [0.1, 0.15) is 5.69 Å². The van der Waals surface area contributed by atoms with Crippen molar-refractivity contribution in [3.8, 4) is 0 Å². The molecule has 1 aliphatic heterocycles. The number of hydrogen-bond acceptors (Lipinski definition) is 5. The maximum Gasteiger partial charge on any atom is 0.433 e. The Balaban J connectivity index is 1.90. The SMILES string of the molecule is NCCCOC1CCN(c2nccc(C(F)(F)F)n2)CC1. The highest BCUT2D eigenvalue weighted by atomic mass is 19.4. The van der Waals surface area contributed by atoms with Crippen molar-refractivity contribution < 1.29 is 17.9 Å². The highest BCUT2D eigenvalue weighted by molar-refractivity contribution is 5.31. The smallest absolute Gasteiger partial charge is 0.378 e. The average molecular weight is 304 g/mol. The van der Waals surface area contributed by atoms with E-state index < -0.39 is 11.9 Å². The van der Waals surface area contributed by atoms with Crippen molar-refractivity contribution in [2.45, 2.75) is 31.5 Å². The summed E-state index contributed by atoms with van der Waals surface area (Å²) in [5.74, 6) is 0.130. The Hall–Kier alpha value is -1.41. The second-order valence-electron chi connectivity index (χ2n) is 4.94. The molecular weight excluding hydrogens is 285 g/mol. The molecule has 8 heteroatoms. The topological polar surface area (TPSA) is 64.3 Å². The quantitative estimate of drug-likeness (QED) is 0.841. The Morgan fingerprint density at radius 3 is 2.67 bits per heavy atom. The van der Waals surface area contributed by atoms with Crippen LogP contribution in [0.3, 0.4) is 0 Å². The number of anilines is 1. The first-order chi connectivity index (χ1) is 10.0. The fourth-order valence-corrected chi connectivity index (χ4v) is 2.21. The van der Waals surface area contributed by atoms with Gasteiger partial charge < -0.3 is 15.4 Å². The average Bonchev–Trinajstić information content (AvgIpc) is 2.47. The van der Waals surface area contributed by atoms with Gasteiger partial charge in [-0.15, -0.1) is 0 Å². The zero-order chi connectivity index (χ0) is 15.3. The molecule has 0 amide bonds. The molecule has 0 atom stereocenters. The third kappa shape index (κ3) is 4.53. The van der Waals surface area contributed by atoms with E-state index in [-0.39, 0.29) is 12.1 Å². The standard InChI is InChI=1S/C13H19F3N4O/c14-13(15,16)11-2-6-18-12(19-11)20-7-3-10(4-8-20)21-9-1-5-17/h2,6,10H,1,3-5,7-9,17H2. The molecule has 0 radical (unpaired) electrons. The van der Waals surface area contributed by atoms with Crippen LogP contribution in [0.1, 0.15) is 25.0 Å². The van der Waals surface area contributed by atoms with E-state index in [2.05, 4.69) is 9.97 Å². The molecule has 2 heterocycles. The Morgan fingerprint density at radius 1 is 1.33 bits per heavy atom. The van der Waals surface area contributed by atoms with Crippen LogP contribution >= 0.6 is 0 Å². The minimum atomic E-state index is -4.44. The van der Waals surface area contributed by atoms with Gasteiger partial charge >= 0.3 is 6.18 Å². The molecule has 0 bridgehead atoms. The Kier molecular flexibility index (Phi) is 5.35. The van der Waals surface area contributed by atoms with E-state index in [0.717, 1.165) is 31.5 Å². The van der Waals surface area contributed by atoms with E-state index in [0.29, 0.717) is 26.2 Å². The van der Waals surface area contributed by atoms with Crippen LogP contribution in [0.5, 0.6) is 0 Å². The molecule has 0 aromatic carbocycles. The van der Waals surface area contributed by atoms with E-state index >= 15 is 0 Å². The number of alkyl halides is 3. The fourth-order valence-electron chi connectivity index (χ4n) is 2.21. The van der Waals surface area contributed by atoms with Crippen molar-refractivity contribution >= 4 is 5.95 Å². The van der Waals surface area contributed by atoms with Gasteiger partial charge in [0.2, 0.25) is 5.95 Å². The van der Waals surface area contributed by atoms with Crippen LogP contribution in [0, 0.1) is 0 Å². The zero-order valence-corrected chi connectivity index (χ0v) is 11.6. The van der Waals surface area contributed by atoms with Gasteiger partial charge in [-0.1, -0.05) is 0 Å². The van der Waals surface area contributed by atoms with Crippen LogP contribution in [0.2, 0.25) is 0 Å². The number of rotatable bonds is 5. The van der Waals surface area contributed by atoms with Gasteiger partial charge in [-0.2, -0.15) is 13.2 Å². The van der Waals surface area contributed by atoms with Gasteiger partial charge in [0.05, 0.1) is 6.10 Å². The van der Waals surface area contributed by atoms with Crippen molar-refractivity contribution in [1.82, 2.24) is 9.97 Å². The molecule has 0 saturated carbocycles. The Bertz CT molecular complexity index is 447. The molecule has 2 rings (SSSR count). The van der Waals surface area contributed by atoms with Gasteiger partial charge in [-0.05, 0) is 31.9 Å². The van der Waals surface area contributed by atoms with Gasteiger partial charge in [0.15, 0.2) is 0 Å². The lowest BCUT2D eigenvalue weighted by Gasteiger charge is -2.32. The second kappa shape index (κ2) is 7.04. The molecule has 1 aromatic rings. The lowest BCUT2D eigenvalue weighted by atomic mass is 10.1. The molecule has 1 saturated heterocycles. The summed E-state index contributed by atoms with van der Waals surface area (Å²) >= 11 is 0.